The van der Waals surface area contributed by atoms with Crippen LogP contribution in [0.3, 0.4) is 0 Å². The number of rotatable bonds is 4. The number of ether oxygens (including phenoxy) is 1. The van der Waals surface area contributed by atoms with Gasteiger partial charge in [-0.2, -0.15) is 0 Å². The zero-order chi connectivity index (χ0) is 9.86. The zero-order valence-electron chi connectivity index (χ0n) is 8.80. The molecule has 1 spiro atoms. The van der Waals surface area contributed by atoms with Gasteiger partial charge in [0.25, 0.3) is 0 Å². The van der Waals surface area contributed by atoms with Gasteiger partial charge in [0.2, 0.25) is 0 Å². The van der Waals surface area contributed by atoms with E-state index in [9.17, 15) is 0 Å². The Hall–Kier alpha value is -0.120. The molecule has 1 atom stereocenters. The van der Waals surface area contributed by atoms with Gasteiger partial charge in [0.1, 0.15) is 0 Å². The van der Waals surface area contributed by atoms with Gasteiger partial charge < -0.3 is 15.2 Å². The molecule has 2 N–H and O–H groups in total. The average Bonchev–Trinajstić information content (AvgIpc) is 2.17. The van der Waals surface area contributed by atoms with Crippen LogP contribution in [0.15, 0.2) is 0 Å². The average molecular weight is 199 g/mol. The van der Waals surface area contributed by atoms with E-state index in [4.69, 9.17) is 9.84 Å². The minimum Gasteiger partial charge on any atom is -0.396 e. The fourth-order valence-corrected chi connectivity index (χ4v) is 2.51. The second-order valence-electron chi connectivity index (χ2n) is 4.61. The number of hydrogen-bond donors (Lipinski definition) is 2. The van der Waals surface area contributed by atoms with Gasteiger partial charge in [0, 0.05) is 19.3 Å². The minimum atomic E-state index is 0.245. The van der Waals surface area contributed by atoms with Crippen LogP contribution in [0.2, 0.25) is 0 Å². The van der Waals surface area contributed by atoms with Gasteiger partial charge in [0.05, 0.1) is 5.60 Å². The summed E-state index contributed by atoms with van der Waals surface area (Å²) in [6.07, 6.45) is 7.02. The summed E-state index contributed by atoms with van der Waals surface area (Å²) in [7, 11) is 0. The van der Waals surface area contributed by atoms with E-state index in [-0.39, 0.29) is 5.60 Å². The fraction of sp³-hybridized carbons (Fsp3) is 1.00. The molecule has 0 aromatic carbocycles. The highest BCUT2D eigenvalue weighted by molar-refractivity contribution is 4.95. The van der Waals surface area contributed by atoms with Gasteiger partial charge in [-0.25, -0.2) is 0 Å². The number of aliphatic hydroxyl groups excluding tert-OH is 1. The first-order valence-electron chi connectivity index (χ1n) is 5.83. The van der Waals surface area contributed by atoms with Gasteiger partial charge >= 0.3 is 0 Å². The monoisotopic (exact) mass is 199 g/mol. The lowest BCUT2D eigenvalue weighted by molar-refractivity contribution is -0.135. The molecule has 0 aromatic heterocycles. The molecule has 14 heavy (non-hydrogen) atoms. The Morgan fingerprint density at radius 1 is 1.43 bits per heavy atom. The molecule has 1 heterocycles. The normalized spacial score (nSPS) is 30.2. The van der Waals surface area contributed by atoms with Gasteiger partial charge in [-0.15, -0.1) is 0 Å². The Morgan fingerprint density at radius 3 is 2.93 bits per heavy atom. The maximum atomic E-state index is 8.69. The van der Waals surface area contributed by atoms with Crippen molar-refractivity contribution in [2.45, 2.75) is 50.2 Å². The maximum absolute atomic E-state index is 8.69. The van der Waals surface area contributed by atoms with Crippen molar-refractivity contribution in [1.82, 2.24) is 5.32 Å². The van der Waals surface area contributed by atoms with Crippen LogP contribution in [0, 0.1) is 0 Å². The number of aliphatic hydroxyl groups is 1. The molecule has 1 aliphatic heterocycles. The predicted octanol–water partition coefficient (Wildman–Crippen LogP) is 1.06. The van der Waals surface area contributed by atoms with Crippen molar-refractivity contribution >= 4 is 0 Å². The molecule has 2 rings (SSSR count). The summed E-state index contributed by atoms with van der Waals surface area (Å²) in [5.74, 6) is 0. The van der Waals surface area contributed by atoms with Crippen molar-refractivity contribution in [2.24, 2.45) is 0 Å². The first-order valence-corrected chi connectivity index (χ1v) is 5.83. The molecule has 0 bridgehead atoms. The van der Waals surface area contributed by atoms with Crippen LogP contribution in [-0.4, -0.2) is 36.5 Å². The molecule has 1 saturated heterocycles. The Labute approximate surface area is 85.8 Å². The third-order valence-electron chi connectivity index (χ3n) is 3.53. The first-order chi connectivity index (χ1) is 6.85. The highest BCUT2D eigenvalue weighted by atomic mass is 16.5. The predicted molar refractivity (Wildman–Crippen MR) is 55.3 cm³/mol. The van der Waals surface area contributed by atoms with E-state index in [1.165, 1.54) is 25.7 Å². The van der Waals surface area contributed by atoms with E-state index in [1.54, 1.807) is 0 Å². The van der Waals surface area contributed by atoms with Gasteiger partial charge in [-0.3, -0.25) is 0 Å². The standard InChI is InChI=1S/C11H21NO2/c13-7-2-6-12-10-3-8-14-11(9-10)4-1-5-11/h10,12-13H,1-9H2. The van der Waals surface area contributed by atoms with E-state index in [1.807, 2.05) is 0 Å². The lowest BCUT2D eigenvalue weighted by atomic mass is 9.74. The topological polar surface area (TPSA) is 41.5 Å². The molecular weight excluding hydrogens is 178 g/mol. The fourth-order valence-electron chi connectivity index (χ4n) is 2.51. The number of hydrogen-bond acceptors (Lipinski definition) is 3. The molecule has 3 heteroatoms. The van der Waals surface area contributed by atoms with Crippen LogP contribution in [0.1, 0.15) is 38.5 Å². The summed E-state index contributed by atoms with van der Waals surface area (Å²) < 4.78 is 5.85. The third kappa shape index (κ3) is 2.27. The SMILES string of the molecule is OCCCNC1CCOC2(CCC2)C1. The van der Waals surface area contributed by atoms with Gasteiger partial charge in [0.15, 0.2) is 0 Å². The summed E-state index contributed by atoms with van der Waals surface area (Å²) in [5, 5.41) is 12.2. The van der Waals surface area contributed by atoms with Crippen molar-refractivity contribution in [1.29, 1.82) is 0 Å². The molecule has 1 unspecified atom stereocenters. The Morgan fingerprint density at radius 2 is 2.29 bits per heavy atom. The minimum absolute atomic E-state index is 0.245. The molecule has 82 valence electrons. The smallest absolute Gasteiger partial charge is 0.0697 e. The molecule has 1 aliphatic carbocycles. The summed E-state index contributed by atoms with van der Waals surface area (Å²) in [6, 6.07) is 0.621. The van der Waals surface area contributed by atoms with Crippen molar-refractivity contribution < 1.29 is 9.84 Å². The van der Waals surface area contributed by atoms with Crippen LogP contribution < -0.4 is 5.32 Å². The Kier molecular flexibility index (Phi) is 3.42. The molecule has 1 saturated carbocycles. The van der Waals surface area contributed by atoms with Gasteiger partial charge in [-0.05, 0) is 45.1 Å². The second kappa shape index (κ2) is 4.60. The first kappa shape index (κ1) is 10.4. The van der Waals surface area contributed by atoms with Crippen LogP contribution in [0.25, 0.3) is 0 Å². The Balaban J connectivity index is 1.71. The van der Waals surface area contributed by atoms with Crippen LogP contribution in [-0.2, 0) is 4.74 Å². The molecular formula is C11H21NO2. The van der Waals surface area contributed by atoms with E-state index < -0.39 is 0 Å². The van der Waals surface area contributed by atoms with E-state index in [2.05, 4.69) is 5.32 Å². The number of nitrogens with one attached hydrogen (secondary N) is 1. The summed E-state index contributed by atoms with van der Waals surface area (Å²) in [5.41, 5.74) is 0.245. The van der Waals surface area contributed by atoms with Gasteiger partial charge in [-0.1, -0.05) is 0 Å². The van der Waals surface area contributed by atoms with E-state index >= 15 is 0 Å². The lowest BCUT2D eigenvalue weighted by Crippen LogP contribution is -2.51. The van der Waals surface area contributed by atoms with Crippen LogP contribution >= 0.6 is 0 Å². The van der Waals surface area contributed by atoms with Crippen molar-refractivity contribution in [2.75, 3.05) is 19.8 Å². The van der Waals surface area contributed by atoms with E-state index in [0.29, 0.717) is 12.6 Å². The third-order valence-corrected chi connectivity index (χ3v) is 3.53. The summed E-state index contributed by atoms with van der Waals surface area (Å²) in [6.45, 7) is 2.15. The highest BCUT2D eigenvalue weighted by Gasteiger charge is 2.42. The highest BCUT2D eigenvalue weighted by Crippen LogP contribution is 2.42. The molecule has 3 nitrogen and oxygen atoms in total. The summed E-state index contributed by atoms with van der Waals surface area (Å²) >= 11 is 0. The molecule has 0 radical (unpaired) electrons. The summed E-state index contributed by atoms with van der Waals surface area (Å²) in [4.78, 5) is 0. The molecule has 0 amide bonds. The van der Waals surface area contributed by atoms with E-state index in [0.717, 1.165) is 26.0 Å². The Bertz CT molecular complexity index is 180. The van der Waals surface area contributed by atoms with Crippen molar-refractivity contribution in [3.8, 4) is 0 Å². The lowest BCUT2D eigenvalue weighted by Gasteiger charge is -2.47. The zero-order valence-corrected chi connectivity index (χ0v) is 8.80. The molecule has 2 fully saturated rings. The maximum Gasteiger partial charge on any atom is 0.0697 e. The second-order valence-corrected chi connectivity index (χ2v) is 4.61. The van der Waals surface area contributed by atoms with Crippen LogP contribution in [0.4, 0.5) is 0 Å². The van der Waals surface area contributed by atoms with Crippen molar-refractivity contribution in [3.63, 3.8) is 0 Å². The molecule has 0 aromatic rings. The largest absolute Gasteiger partial charge is 0.396 e. The van der Waals surface area contributed by atoms with Crippen molar-refractivity contribution in [3.05, 3.63) is 0 Å². The van der Waals surface area contributed by atoms with Crippen LogP contribution in [0.5, 0.6) is 0 Å². The quantitative estimate of drug-likeness (QED) is 0.665. The molecule has 2 aliphatic rings.